The Morgan fingerprint density at radius 2 is 2.57 bits per heavy atom. The second-order valence-corrected chi connectivity index (χ2v) is 3.33. The van der Waals surface area contributed by atoms with Crippen molar-refractivity contribution in [2.75, 3.05) is 18.4 Å². The molecule has 1 amide bonds. The molecule has 14 heavy (non-hydrogen) atoms. The van der Waals surface area contributed by atoms with Crippen molar-refractivity contribution < 1.29 is 9.32 Å². The molecule has 0 aliphatic carbocycles. The van der Waals surface area contributed by atoms with Gasteiger partial charge in [0.15, 0.2) is 5.82 Å². The molecule has 0 spiro atoms. The van der Waals surface area contributed by atoms with Gasteiger partial charge in [-0.1, -0.05) is 5.16 Å². The fourth-order valence-corrected chi connectivity index (χ4v) is 1.43. The molecule has 76 valence electrons. The summed E-state index contributed by atoms with van der Waals surface area (Å²) in [6.07, 6.45) is 0.860. The zero-order valence-electron chi connectivity index (χ0n) is 7.91. The van der Waals surface area contributed by atoms with Crippen LogP contribution in [0.3, 0.4) is 0 Å². The first-order valence-electron chi connectivity index (χ1n) is 4.57. The van der Waals surface area contributed by atoms with Crippen LogP contribution in [0.5, 0.6) is 0 Å². The van der Waals surface area contributed by atoms with Gasteiger partial charge in [-0.25, -0.2) is 0 Å². The van der Waals surface area contributed by atoms with Gasteiger partial charge in [0.25, 0.3) is 0 Å². The quantitative estimate of drug-likeness (QED) is 0.691. The molecule has 2 rings (SSSR count). The summed E-state index contributed by atoms with van der Waals surface area (Å²) >= 11 is 0. The molecule has 1 saturated heterocycles. The Morgan fingerprint density at radius 3 is 3.14 bits per heavy atom. The fourth-order valence-electron chi connectivity index (χ4n) is 1.43. The summed E-state index contributed by atoms with van der Waals surface area (Å²) in [5.41, 5.74) is 0. The number of carbonyl (C=O) groups excluding carboxylic acids is 1. The number of amides is 1. The molecule has 0 saturated carbocycles. The van der Waals surface area contributed by atoms with Crippen LogP contribution in [0.25, 0.3) is 0 Å². The molecule has 6 nitrogen and oxygen atoms in total. The van der Waals surface area contributed by atoms with Gasteiger partial charge in [-0.15, -0.1) is 0 Å². The SMILES string of the molecule is Cc1noc(NC(=O)C2CCNC2)n1. The first-order chi connectivity index (χ1) is 6.75. The van der Waals surface area contributed by atoms with E-state index in [0.717, 1.165) is 19.5 Å². The van der Waals surface area contributed by atoms with Crippen LogP contribution in [0.2, 0.25) is 0 Å². The third kappa shape index (κ3) is 1.90. The van der Waals surface area contributed by atoms with E-state index < -0.39 is 0 Å². The van der Waals surface area contributed by atoms with Crippen LogP contribution in [0.1, 0.15) is 12.2 Å². The van der Waals surface area contributed by atoms with Crippen molar-refractivity contribution in [3.8, 4) is 0 Å². The van der Waals surface area contributed by atoms with Crippen LogP contribution in [-0.4, -0.2) is 29.1 Å². The van der Waals surface area contributed by atoms with Crippen molar-refractivity contribution in [3.05, 3.63) is 5.82 Å². The summed E-state index contributed by atoms with van der Waals surface area (Å²) in [7, 11) is 0. The zero-order chi connectivity index (χ0) is 9.97. The van der Waals surface area contributed by atoms with E-state index in [-0.39, 0.29) is 17.8 Å². The second kappa shape index (κ2) is 3.75. The standard InChI is InChI=1S/C8H12N4O2/c1-5-10-8(14-12-5)11-7(13)6-2-3-9-4-6/h6,9H,2-4H2,1H3,(H,10,11,12,13). The molecular weight excluding hydrogens is 184 g/mol. The number of aryl methyl sites for hydroxylation is 1. The predicted octanol–water partition coefficient (Wildman–Crippen LogP) is -0.0740. The van der Waals surface area contributed by atoms with Crippen molar-refractivity contribution in [1.82, 2.24) is 15.5 Å². The van der Waals surface area contributed by atoms with E-state index in [4.69, 9.17) is 4.52 Å². The molecule has 1 atom stereocenters. The van der Waals surface area contributed by atoms with Crippen molar-refractivity contribution in [2.45, 2.75) is 13.3 Å². The number of carbonyl (C=O) groups is 1. The summed E-state index contributed by atoms with van der Waals surface area (Å²) in [5.74, 6) is 0.478. The van der Waals surface area contributed by atoms with Gasteiger partial charge in [0.2, 0.25) is 5.91 Å². The van der Waals surface area contributed by atoms with Gasteiger partial charge < -0.3 is 9.84 Å². The Labute approximate surface area is 81.1 Å². The molecule has 0 aromatic carbocycles. The lowest BCUT2D eigenvalue weighted by molar-refractivity contribution is -0.119. The Hall–Kier alpha value is -1.43. The minimum Gasteiger partial charge on any atom is -0.316 e. The Morgan fingerprint density at radius 1 is 1.71 bits per heavy atom. The molecule has 2 N–H and O–H groups in total. The molecule has 2 heterocycles. The van der Waals surface area contributed by atoms with Crippen LogP contribution in [0, 0.1) is 12.8 Å². The Kier molecular flexibility index (Phi) is 2.45. The minimum absolute atomic E-state index is 0.0159. The largest absolute Gasteiger partial charge is 0.328 e. The summed E-state index contributed by atoms with van der Waals surface area (Å²) in [6.45, 7) is 3.32. The number of hydrogen-bond donors (Lipinski definition) is 2. The number of anilines is 1. The molecule has 1 aromatic heterocycles. The molecule has 0 radical (unpaired) electrons. The van der Waals surface area contributed by atoms with Crippen LogP contribution in [0.15, 0.2) is 4.52 Å². The molecule has 1 fully saturated rings. The molecule has 0 bridgehead atoms. The number of nitrogens with zero attached hydrogens (tertiary/aromatic N) is 2. The molecule has 1 aliphatic heterocycles. The van der Waals surface area contributed by atoms with Crippen molar-refractivity contribution in [2.24, 2.45) is 5.92 Å². The highest BCUT2D eigenvalue weighted by Crippen LogP contribution is 2.11. The van der Waals surface area contributed by atoms with Crippen LogP contribution < -0.4 is 10.6 Å². The monoisotopic (exact) mass is 196 g/mol. The highest BCUT2D eigenvalue weighted by Gasteiger charge is 2.23. The average molecular weight is 196 g/mol. The van der Waals surface area contributed by atoms with E-state index in [1.54, 1.807) is 6.92 Å². The minimum atomic E-state index is -0.0568. The highest BCUT2D eigenvalue weighted by molar-refractivity contribution is 5.90. The van der Waals surface area contributed by atoms with Crippen molar-refractivity contribution in [1.29, 1.82) is 0 Å². The van der Waals surface area contributed by atoms with Crippen LogP contribution >= 0.6 is 0 Å². The Balaban J connectivity index is 1.93. The molecule has 1 aromatic rings. The maximum atomic E-state index is 11.5. The van der Waals surface area contributed by atoms with E-state index in [0.29, 0.717) is 5.82 Å². The third-order valence-corrected chi connectivity index (χ3v) is 2.19. The summed E-state index contributed by atoms with van der Waals surface area (Å²) in [4.78, 5) is 15.4. The first kappa shape index (κ1) is 9.14. The van der Waals surface area contributed by atoms with Crippen LogP contribution in [-0.2, 0) is 4.79 Å². The topological polar surface area (TPSA) is 80.0 Å². The number of nitrogens with one attached hydrogen (secondary N) is 2. The fraction of sp³-hybridized carbons (Fsp3) is 0.625. The molecule has 6 heteroatoms. The molecule has 1 aliphatic rings. The maximum Gasteiger partial charge on any atom is 0.328 e. The van der Waals surface area contributed by atoms with E-state index in [1.165, 1.54) is 0 Å². The van der Waals surface area contributed by atoms with Gasteiger partial charge in [-0.2, -0.15) is 4.98 Å². The molecular formula is C8H12N4O2. The van der Waals surface area contributed by atoms with E-state index in [1.807, 2.05) is 0 Å². The average Bonchev–Trinajstić information content (AvgIpc) is 2.75. The third-order valence-electron chi connectivity index (χ3n) is 2.19. The van der Waals surface area contributed by atoms with Gasteiger partial charge in [0.05, 0.1) is 5.92 Å². The lowest BCUT2D eigenvalue weighted by Crippen LogP contribution is -2.24. The smallest absolute Gasteiger partial charge is 0.316 e. The number of rotatable bonds is 2. The Bertz CT molecular complexity index is 330. The summed E-state index contributed by atoms with van der Waals surface area (Å²) in [6, 6.07) is 0.180. The first-order valence-corrected chi connectivity index (χ1v) is 4.57. The van der Waals surface area contributed by atoms with Crippen LogP contribution in [0.4, 0.5) is 6.01 Å². The van der Waals surface area contributed by atoms with E-state index in [9.17, 15) is 4.79 Å². The zero-order valence-corrected chi connectivity index (χ0v) is 7.91. The van der Waals surface area contributed by atoms with E-state index >= 15 is 0 Å². The summed E-state index contributed by atoms with van der Waals surface area (Å²) < 4.78 is 4.78. The van der Waals surface area contributed by atoms with Gasteiger partial charge in [0.1, 0.15) is 0 Å². The number of hydrogen-bond acceptors (Lipinski definition) is 5. The molecule has 1 unspecified atom stereocenters. The lowest BCUT2D eigenvalue weighted by Gasteiger charge is -2.05. The van der Waals surface area contributed by atoms with Crippen molar-refractivity contribution in [3.63, 3.8) is 0 Å². The van der Waals surface area contributed by atoms with Gasteiger partial charge in [0, 0.05) is 6.54 Å². The number of aromatic nitrogens is 2. The predicted molar refractivity (Wildman–Crippen MR) is 48.6 cm³/mol. The van der Waals surface area contributed by atoms with Crippen molar-refractivity contribution >= 4 is 11.9 Å². The second-order valence-electron chi connectivity index (χ2n) is 3.33. The van der Waals surface area contributed by atoms with Gasteiger partial charge >= 0.3 is 6.01 Å². The summed E-state index contributed by atoms with van der Waals surface area (Å²) in [5, 5.41) is 9.28. The van der Waals surface area contributed by atoms with E-state index in [2.05, 4.69) is 20.8 Å². The highest BCUT2D eigenvalue weighted by atomic mass is 16.5. The maximum absolute atomic E-state index is 11.5. The lowest BCUT2D eigenvalue weighted by atomic mass is 10.1. The van der Waals surface area contributed by atoms with Gasteiger partial charge in [-0.3, -0.25) is 10.1 Å². The normalized spacial score (nSPS) is 21.1. The van der Waals surface area contributed by atoms with Gasteiger partial charge in [-0.05, 0) is 19.9 Å².